The zero-order chi connectivity index (χ0) is 11.1. The van der Waals surface area contributed by atoms with Crippen LogP contribution in [0.4, 0.5) is 0 Å². The molecule has 0 unspecified atom stereocenters. The van der Waals surface area contributed by atoms with Crippen molar-refractivity contribution in [3.63, 3.8) is 0 Å². The van der Waals surface area contributed by atoms with E-state index in [0.717, 1.165) is 0 Å². The second kappa shape index (κ2) is 3.60. The van der Waals surface area contributed by atoms with E-state index in [1.54, 1.807) is 0 Å². The van der Waals surface area contributed by atoms with Crippen LogP contribution in [0.5, 0.6) is 0 Å². The van der Waals surface area contributed by atoms with E-state index in [1.165, 1.54) is 34.7 Å². The quantitative estimate of drug-likeness (QED) is 0.807. The van der Waals surface area contributed by atoms with Gasteiger partial charge < -0.3 is 5.73 Å². The van der Waals surface area contributed by atoms with Gasteiger partial charge in [-0.05, 0) is 47.6 Å². The third kappa shape index (κ3) is 1.52. The molecule has 1 aliphatic carbocycles. The van der Waals surface area contributed by atoms with Gasteiger partial charge in [0.1, 0.15) is 0 Å². The molecule has 0 heterocycles. The van der Waals surface area contributed by atoms with E-state index in [2.05, 4.69) is 43.3 Å². The van der Waals surface area contributed by atoms with E-state index in [1.807, 2.05) is 0 Å². The lowest BCUT2D eigenvalue weighted by atomic mass is 9.94. The highest BCUT2D eigenvalue weighted by molar-refractivity contribution is 5.88. The predicted octanol–water partition coefficient (Wildman–Crippen LogP) is 3.56. The molecule has 1 aliphatic rings. The van der Waals surface area contributed by atoms with Crippen LogP contribution in [-0.4, -0.2) is 0 Å². The summed E-state index contributed by atoms with van der Waals surface area (Å²) in [4.78, 5) is 0. The third-order valence-corrected chi connectivity index (χ3v) is 3.66. The second-order valence-electron chi connectivity index (χ2n) is 4.88. The van der Waals surface area contributed by atoms with Crippen LogP contribution in [0, 0.1) is 12.8 Å². The van der Waals surface area contributed by atoms with Gasteiger partial charge in [0.15, 0.2) is 0 Å². The summed E-state index contributed by atoms with van der Waals surface area (Å²) in [6.07, 6.45) is 2.59. The average Bonchev–Trinajstić information content (AvgIpc) is 3.13. The summed E-state index contributed by atoms with van der Waals surface area (Å²) in [7, 11) is 0. The summed E-state index contributed by atoms with van der Waals surface area (Å²) >= 11 is 0. The van der Waals surface area contributed by atoms with Gasteiger partial charge >= 0.3 is 0 Å². The van der Waals surface area contributed by atoms with Crippen LogP contribution in [0.2, 0.25) is 0 Å². The molecule has 0 aliphatic heterocycles. The van der Waals surface area contributed by atoms with Crippen LogP contribution in [-0.2, 0) is 0 Å². The molecule has 2 aromatic carbocycles. The van der Waals surface area contributed by atoms with Gasteiger partial charge in [-0.2, -0.15) is 0 Å². The van der Waals surface area contributed by atoms with Gasteiger partial charge in [-0.1, -0.05) is 36.4 Å². The van der Waals surface area contributed by atoms with Crippen molar-refractivity contribution >= 4 is 10.8 Å². The van der Waals surface area contributed by atoms with Crippen LogP contribution >= 0.6 is 0 Å². The Kier molecular flexibility index (Phi) is 2.22. The fraction of sp³-hybridized carbons (Fsp3) is 0.333. The lowest BCUT2D eigenvalue weighted by molar-refractivity contribution is 0.638. The molecule has 1 saturated carbocycles. The fourth-order valence-electron chi connectivity index (χ4n) is 2.47. The molecule has 0 bridgehead atoms. The summed E-state index contributed by atoms with van der Waals surface area (Å²) in [6, 6.07) is 13.2. The molecule has 0 radical (unpaired) electrons. The van der Waals surface area contributed by atoms with Crippen LogP contribution in [0.3, 0.4) is 0 Å². The average molecular weight is 211 g/mol. The predicted molar refractivity (Wildman–Crippen MR) is 68.3 cm³/mol. The van der Waals surface area contributed by atoms with Gasteiger partial charge in [0.2, 0.25) is 0 Å². The molecule has 1 nitrogen and oxygen atoms in total. The summed E-state index contributed by atoms with van der Waals surface area (Å²) in [6.45, 7) is 2.16. The van der Waals surface area contributed by atoms with Crippen LogP contribution in [0.1, 0.15) is 30.0 Å². The molecular weight excluding hydrogens is 194 g/mol. The largest absolute Gasteiger partial charge is 0.324 e. The van der Waals surface area contributed by atoms with Crippen molar-refractivity contribution < 1.29 is 0 Å². The maximum absolute atomic E-state index is 6.32. The summed E-state index contributed by atoms with van der Waals surface area (Å²) in [5.41, 5.74) is 8.97. The maximum Gasteiger partial charge on any atom is 0.0329 e. The molecule has 1 heteroatoms. The monoisotopic (exact) mass is 211 g/mol. The summed E-state index contributed by atoms with van der Waals surface area (Å²) < 4.78 is 0. The van der Waals surface area contributed by atoms with Crippen LogP contribution < -0.4 is 5.73 Å². The Morgan fingerprint density at radius 2 is 1.75 bits per heavy atom. The molecule has 0 amide bonds. The van der Waals surface area contributed by atoms with Gasteiger partial charge in [-0.15, -0.1) is 0 Å². The summed E-state index contributed by atoms with van der Waals surface area (Å²) in [5.74, 6) is 0.714. The SMILES string of the molecule is Cc1ccc([C@H](N)C2CC2)c2ccccc12. The zero-order valence-corrected chi connectivity index (χ0v) is 9.61. The smallest absolute Gasteiger partial charge is 0.0329 e. The number of nitrogens with two attached hydrogens (primary N) is 1. The fourth-order valence-corrected chi connectivity index (χ4v) is 2.47. The van der Waals surface area contributed by atoms with Crippen molar-refractivity contribution in [2.45, 2.75) is 25.8 Å². The first-order valence-corrected chi connectivity index (χ1v) is 6.01. The highest BCUT2D eigenvalue weighted by Gasteiger charge is 2.30. The normalized spacial score (nSPS) is 17.6. The minimum Gasteiger partial charge on any atom is -0.324 e. The molecule has 16 heavy (non-hydrogen) atoms. The Balaban J connectivity index is 2.20. The molecule has 1 atom stereocenters. The Morgan fingerprint density at radius 1 is 1.06 bits per heavy atom. The van der Waals surface area contributed by atoms with Crippen molar-refractivity contribution in [1.29, 1.82) is 0 Å². The Hall–Kier alpha value is -1.34. The molecule has 2 N–H and O–H groups in total. The van der Waals surface area contributed by atoms with Crippen LogP contribution in [0.15, 0.2) is 36.4 Å². The zero-order valence-electron chi connectivity index (χ0n) is 9.61. The van der Waals surface area contributed by atoms with Gasteiger partial charge in [-0.25, -0.2) is 0 Å². The first kappa shape index (κ1) is 9.86. The van der Waals surface area contributed by atoms with Crippen molar-refractivity contribution in [1.82, 2.24) is 0 Å². The Bertz CT molecular complexity index is 526. The highest BCUT2D eigenvalue weighted by atomic mass is 14.7. The lowest BCUT2D eigenvalue weighted by Crippen LogP contribution is -2.12. The molecule has 0 spiro atoms. The topological polar surface area (TPSA) is 26.0 Å². The van der Waals surface area contributed by atoms with E-state index < -0.39 is 0 Å². The first-order chi connectivity index (χ1) is 7.77. The molecule has 0 saturated heterocycles. The third-order valence-electron chi connectivity index (χ3n) is 3.66. The van der Waals surface area contributed by atoms with E-state index in [-0.39, 0.29) is 6.04 Å². The molecular formula is C15H17N. The van der Waals surface area contributed by atoms with Crippen molar-refractivity contribution in [2.24, 2.45) is 11.7 Å². The number of hydrogen-bond acceptors (Lipinski definition) is 1. The van der Waals surface area contributed by atoms with E-state index in [9.17, 15) is 0 Å². The number of benzene rings is 2. The van der Waals surface area contributed by atoms with Crippen LogP contribution in [0.25, 0.3) is 10.8 Å². The summed E-state index contributed by atoms with van der Waals surface area (Å²) in [5, 5.41) is 2.68. The lowest BCUT2D eigenvalue weighted by Gasteiger charge is -2.15. The maximum atomic E-state index is 6.32. The molecule has 3 rings (SSSR count). The van der Waals surface area contributed by atoms with E-state index in [0.29, 0.717) is 5.92 Å². The second-order valence-corrected chi connectivity index (χ2v) is 4.88. The molecule has 82 valence electrons. The Labute approximate surface area is 96.3 Å². The van der Waals surface area contributed by atoms with Gasteiger partial charge in [0, 0.05) is 6.04 Å². The van der Waals surface area contributed by atoms with E-state index in [4.69, 9.17) is 5.73 Å². The number of fused-ring (bicyclic) bond motifs is 1. The van der Waals surface area contributed by atoms with Crippen molar-refractivity contribution in [2.75, 3.05) is 0 Å². The number of rotatable bonds is 2. The molecule has 2 aromatic rings. The highest BCUT2D eigenvalue weighted by Crippen LogP contribution is 2.41. The van der Waals surface area contributed by atoms with Crippen molar-refractivity contribution in [3.8, 4) is 0 Å². The van der Waals surface area contributed by atoms with Gasteiger partial charge in [0.05, 0.1) is 0 Å². The van der Waals surface area contributed by atoms with Crippen molar-refractivity contribution in [3.05, 3.63) is 47.5 Å². The van der Waals surface area contributed by atoms with Gasteiger partial charge in [0.25, 0.3) is 0 Å². The number of hydrogen-bond donors (Lipinski definition) is 1. The molecule has 1 fully saturated rings. The van der Waals surface area contributed by atoms with Gasteiger partial charge in [-0.3, -0.25) is 0 Å². The molecule has 0 aromatic heterocycles. The minimum absolute atomic E-state index is 0.227. The number of aryl methyl sites for hydroxylation is 1. The first-order valence-electron chi connectivity index (χ1n) is 6.01. The Morgan fingerprint density at radius 3 is 2.44 bits per heavy atom. The van der Waals surface area contributed by atoms with E-state index >= 15 is 0 Å². The standard InChI is InChI=1S/C15H17N/c1-10-6-9-14(15(16)11-7-8-11)13-5-3-2-4-12(10)13/h2-6,9,11,15H,7-8,16H2,1H3/t15-/m1/s1. The minimum atomic E-state index is 0.227.